The molecule has 0 amide bonds. The molecule has 0 aliphatic rings. The van der Waals surface area contributed by atoms with Crippen LogP contribution in [0.3, 0.4) is 0 Å². The quantitative estimate of drug-likeness (QED) is 0.500. The Kier molecular flexibility index (Phi) is 11.1. The lowest BCUT2D eigenvalue weighted by Crippen LogP contribution is -2.11. The van der Waals surface area contributed by atoms with Gasteiger partial charge in [-0.1, -0.05) is 77.2 Å². The van der Waals surface area contributed by atoms with Crippen LogP contribution in [0.15, 0.2) is 24.4 Å². The molecule has 0 fully saturated rings. The molecular formula is C19H33NO. The number of pyridine rings is 1. The predicted molar refractivity (Wildman–Crippen MR) is 90.4 cm³/mol. The van der Waals surface area contributed by atoms with Crippen LogP contribution in [0.2, 0.25) is 0 Å². The van der Waals surface area contributed by atoms with E-state index >= 15 is 0 Å². The Balaban J connectivity index is 1.87. The number of hydrogen-bond acceptors (Lipinski definition) is 2. The van der Waals surface area contributed by atoms with Crippen molar-refractivity contribution in [2.75, 3.05) is 0 Å². The van der Waals surface area contributed by atoms with Gasteiger partial charge < -0.3 is 5.11 Å². The molecule has 0 bridgehead atoms. The van der Waals surface area contributed by atoms with Crippen molar-refractivity contribution in [1.82, 2.24) is 4.98 Å². The van der Waals surface area contributed by atoms with Crippen LogP contribution in [0.5, 0.6) is 0 Å². The summed E-state index contributed by atoms with van der Waals surface area (Å²) in [6, 6.07) is 5.88. The first-order chi connectivity index (χ1) is 10.3. The van der Waals surface area contributed by atoms with E-state index in [2.05, 4.69) is 11.9 Å². The molecule has 120 valence electrons. The predicted octanol–water partition coefficient (Wildman–Crippen LogP) is 5.30. The molecule has 0 saturated heterocycles. The van der Waals surface area contributed by atoms with Gasteiger partial charge in [-0.3, -0.25) is 4.98 Å². The van der Waals surface area contributed by atoms with E-state index in [4.69, 9.17) is 0 Å². The van der Waals surface area contributed by atoms with E-state index in [-0.39, 0.29) is 6.10 Å². The normalized spacial score (nSPS) is 12.5. The number of aliphatic hydroxyl groups excluding tert-OH is 1. The zero-order chi connectivity index (χ0) is 15.2. The van der Waals surface area contributed by atoms with Gasteiger partial charge in [0.2, 0.25) is 0 Å². The second-order valence-electron chi connectivity index (χ2n) is 6.15. The van der Waals surface area contributed by atoms with Crippen LogP contribution in [-0.2, 0) is 6.42 Å². The van der Waals surface area contributed by atoms with Gasteiger partial charge in [-0.05, 0) is 18.6 Å². The third-order valence-corrected chi connectivity index (χ3v) is 4.06. The lowest BCUT2D eigenvalue weighted by atomic mass is 10.0. The summed E-state index contributed by atoms with van der Waals surface area (Å²) < 4.78 is 0. The first-order valence-corrected chi connectivity index (χ1v) is 8.91. The smallest absolute Gasteiger partial charge is 0.0595 e. The van der Waals surface area contributed by atoms with E-state index in [0.29, 0.717) is 6.42 Å². The highest BCUT2D eigenvalue weighted by Crippen LogP contribution is 2.13. The monoisotopic (exact) mass is 291 g/mol. The summed E-state index contributed by atoms with van der Waals surface area (Å²) in [5, 5.41) is 9.99. The first kappa shape index (κ1) is 18.2. The third-order valence-electron chi connectivity index (χ3n) is 4.06. The van der Waals surface area contributed by atoms with Crippen LogP contribution in [0.25, 0.3) is 0 Å². The minimum atomic E-state index is -0.228. The van der Waals surface area contributed by atoms with Crippen molar-refractivity contribution >= 4 is 0 Å². The van der Waals surface area contributed by atoms with Crippen molar-refractivity contribution in [3.05, 3.63) is 30.1 Å². The fourth-order valence-electron chi connectivity index (χ4n) is 2.73. The highest BCUT2D eigenvalue weighted by atomic mass is 16.3. The molecule has 1 rings (SSSR count). The van der Waals surface area contributed by atoms with Gasteiger partial charge in [-0.2, -0.15) is 0 Å². The van der Waals surface area contributed by atoms with Crippen molar-refractivity contribution in [2.45, 2.75) is 90.1 Å². The van der Waals surface area contributed by atoms with Crippen LogP contribution in [0.1, 0.15) is 83.2 Å². The average molecular weight is 291 g/mol. The Hall–Kier alpha value is -0.890. The third kappa shape index (κ3) is 10.5. The van der Waals surface area contributed by atoms with Crippen molar-refractivity contribution in [1.29, 1.82) is 0 Å². The topological polar surface area (TPSA) is 33.1 Å². The van der Waals surface area contributed by atoms with Crippen molar-refractivity contribution < 1.29 is 5.11 Å². The molecule has 1 aromatic rings. The fraction of sp³-hybridized carbons (Fsp3) is 0.737. The Labute approximate surface area is 131 Å². The van der Waals surface area contributed by atoms with E-state index < -0.39 is 0 Å². The maximum atomic E-state index is 9.99. The minimum absolute atomic E-state index is 0.228. The van der Waals surface area contributed by atoms with Gasteiger partial charge in [-0.25, -0.2) is 0 Å². The Bertz CT molecular complexity index is 326. The molecule has 1 heterocycles. The van der Waals surface area contributed by atoms with Gasteiger partial charge in [0, 0.05) is 18.3 Å². The Morgan fingerprint density at radius 2 is 1.52 bits per heavy atom. The van der Waals surface area contributed by atoms with Gasteiger partial charge in [0.15, 0.2) is 0 Å². The van der Waals surface area contributed by atoms with E-state index in [1.54, 1.807) is 6.20 Å². The Morgan fingerprint density at radius 1 is 0.905 bits per heavy atom. The number of aromatic nitrogens is 1. The highest BCUT2D eigenvalue weighted by molar-refractivity contribution is 5.04. The second-order valence-corrected chi connectivity index (χ2v) is 6.15. The second kappa shape index (κ2) is 12.8. The molecule has 1 atom stereocenters. The van der Waals surface area contributed by atoms with Crippen molar-refractivity contribution in [2.24, 2.45) is 0 Å². The number of aliphatic hydroxyl groups is 1. The molecule has 2 heteroatoms. The molecule has 0 spiro atoms. The molecule has 21 heavy (non-hydrogen) atoms. The minimum Gasteiger partial charge on any atom is -0.393 e. The number of unbranched alkanes of at least 4 members (excludes halogenated alkanes) is 9. The summed E-state index contributed by atoms with van der Waals surface area (Å²) in [5.41, 5.74) is 0.997. The number of rotatable bonds is 13. The molecule has 0 saturated carbocycles. The largest absolute Gasteiger partial charge is 0.393 e. The first-order valence-electron chi connectivity index (χ1n) is 8.91. The standard InChI is InChI=1S/C19H33NO/c1-2-3-4-5-6-7-8-9-10-11-15-19(21)17-18-14-12-13-16-20-18/h12-14,16,19,21H,2-11,15,17H2,1H3. The summed E-state index contributed by atoms with van der Waals surface area (Å²) >= 11 is 0. The van der Waals surface area contributed by atoms with Crippen LogP contribution < -0.4 is 0 Å². The summed E-state index contributed by atoms with van der Waals surface area (Å²) in [4.78, 5) is 4.26. The summed E-state index contributed by atoms with van der Waals surface area (Å²) in [5.74, 6) is 0. The van der Waals surface area contributed by atoms with Crippen molar-refractivity contribution in [3.8, 4) is 0 Å². The maximum absolute atomic E-state index is 9.99. The molecule has 0 aliphatic carbocycles. The van der Waals surface area contributed by atoms with E-state index in [0.717, 1.165) is 18.5 Å². The molecule has 1 aromatic heterocycles. The molecule has 1 N–H and O–H groups in total. The van der Waals surface area contributed by atoms with E-state index in [1.165, 1.54) is 57.8 Å². The zero-order valence-corrected chi connectivity index (χ0v) is 13.8. The van der Waals surface area contributed by atoms with Gasteiger partial charge in [-0.15, -0.1) is 0 Å². The molecular weight excluding hydrogens is 258 g/mol. The molecule has 0 aromatic carbocycles. The number of nitrogens with zero attached hydrogens (tertiary/aromatic N) is 1. The van der Waals surface area contributed by atoms with E-state index in [1.807, 2.05) is 18.2 Å². The molecule has 0 aliphatic heterocycles. The van der Waals surface area contributed by atoms with Crippen LogP contribution in [-0.4, -0.2) is 16.2 Å². The van der Waals surface area contributed by atoms with Crippen LogP contribution in [0.4, 0.5) is 0 Å². The Morgan fingerprint density at radius 3 is 2.10 bits per heavy atom. The van der Waals surface area contributed by atoms with E-state index in [9.17, 15) is 5.11 Å². The summed E-state index contributed by atoms with van der Waals surface area (Å²) in [6.45, 7) is 2.27. The van der Waals surface area contributed by atoms with Gasteiger partial charge >= 0.3 is 0 Å². The molecule has 0 radical (unpaired) electrons. The van der Waals surface area contributed by atoms with Crippen LogP contribution >= 0.6 is 0 Å². The molecule has 2 nitrogen and oxygen atoms in total. The zero-order valence-electron chi connectivity index (χ0n) is 13.8. The SMILES string of the molecule is CCCCCCCCCCCCC(O)Cc1ccccn1. The fourth-order valence-corrected chi connectivity index (χ4v) is 2.73. The van der Waals surface area contributed by atoms with Crippen LogP contribution in [0, 0.1) is 0 Å². The lowest BCUT2D eigenvalue weighted by Gasteiger charge is -2.09. The maximum Gasteiger partial charge on any atom is 0.0595 e. The van der Waals surface area contributed by atoms with Gasteiger partial charge in [0.05, 0.1) is 6.10 Å². The molecule has 1 unspecified atom stereocenters. The number of hydrogen-bond donors (Lipinski definition) is 1. The summed E-state index contributed by atoms with van der Waals surface area (Å²) in [7, 11) is 0. The summed E-state index contributed by atoms with van der Waals surface area (Å²) in [6.07, 6.45) is 16.6. The highest BCUT2D eigenvalue weighted by Gasteiger charge is 2.05. The lowest BCUT2D eigenvalue weighted by molar-refractivity contribution is 0.159. The van der Waals surface area contributed by atoms with Crippen molar-refractivity contribution in [3.63, 3.8) is 0 Å². The van der Waals surface area contributed by atoms with Gasteiger partial charge in [0.1, 0.15) is 0 Å². The van der Waals surface area contributed by atoms with Gasteiger partial charge in [0.25, 0.3) is 0 Å². The average Bonchev–Trinajstić information content (AvgIpc) is 2.50.